The summed E-state index contributed by atoms with van der Waals surface area (Å²) < 4.78 is 5.47. The molecule has 2 aromatic rings. The predicted molar refractivity (Wildman–Crippen MR) is 105 cm³/mol. The Balaban J connectivity index is 2.24. The summed E-state index contributed by atoms with van der Waals surface area (Å²) in [4.78, 5) is 14.3. The number of methoxy groups -OCH3 is 1. The molecule has 0 fully saturated rings. The minimum atomic E-state index is -0.520. The number of halogens is 1. The highest BCUT2D eigenvalue weighted by molar-refractivity contribution is 9.10. The van der Waals surface area contributed by atoms with Crippen LogP contribution in [0.3, 0.4) is 0 Å². The van der Waals surface area contributed by atoms with Crippen molar-refractivity contribution in [1.29, 1.82) is 5.26 Å². The first-order chi connectivity index (χ1) is 12.3. The second kappa shape index (κ2) is 8.41. The quantitative estimate of drug-likeness (QED) is 0.573. The highest BCUT2D eigenvalue weighted by Crippen LogP contribution is 2.35. The number of amides is 1. The van der Waals surface area contributed by atoms with Gasteiger partial charge in [0.2, 0.25) is 0 Å². The Labute approximate surface area is 160 Å². The van der Waals surface area contributed by atoms with E-state index in [1.165, 1.54) is 19.3 Å². The van der Waals surface area contributed by atoms with E-state index in [0.717, 1.165) is 5.69 Å². The lowest BCUT2D eigenvalue weighted by molar-refractivity contribution is -0.112. The topological polar surface area (TPSA) is 85.6 Å². The van der Waals surface area contributed by atoms with Crippen LogP contribution in [-0.4, -0.2) is 32.2 Å². The van der Waals surface area contributed by atoms with Crippen LogP contribution in [0.25, 0.3) is 6.08 Å². The third-order valence-electron chi connectivity index (χ3n) is 3.59. The number of nitrogens with zero attached hydrogens (tertiary/aromatic N) is 2. The van der Waals surface area contributed by atoms with Crippen molar-refractivity contribution in [3.05, 3.63) is 52.0 Å². The van der Waals surface area contributed by atoms with E-state index >= 15 is 0 Å². The molecule has 134 valence electrons. The first-order valence-electron chi connectivity index (χ1n) is 7.62. The molecule has 0 aliphatic rings. The average Bonchev–Trinajstić information content (AvgIpc) is 2.62. The number of nitriles is 1. The van der Waals surface area contributed by atoms with Crippen LogP contribution in [0, 0.1) is 11.3 Å². The first kappa shape index (κ1) is 19.3. The number of ether oxygens (including phenoxy) is 1. The van der Waals surface area contributed by atoms with Crippen molar-refractivity contribution in [1.82, 2.24) is 0 Å². The molecule has 26 heavy (non-hydrogen) atoms. The van der Waals surface area contributed by atoms with Crippen molar-refractivity contribution < 1.29 is 14.6 Å². The van der Waals surface area contributed by atoms with Crippen LogP contribution >= 0.6 is 15.9 Å². The van der Waals surface area contributed by atoms with Gasteiger partial charge in [0.05, 0.1) is 11.6 Å². The summed E-state index contributed by atoms with van der Waals surface area (Å²) in [5.74, 6) is -0.329. The number of benzene rings is 2. The van der Waals surface area contributed by atoms with Gasteiger partial charge in [-0.2, -0.15) is 5.26 Å². The lowest BCUT2D eigenvalue weighted by atomic mass is 10.1. The van der Waals surface area contributed by atoms with Gasteiger partial charge in [-0.15, -0.1) is 0 Å². The summed E-state index contributed by atoms with van der Waals surface area (Å²) in [7, 11) is 5.27. The number of phenols is 1. The second-order valence-corrected chi connectivity index (χ2v) is 6.47. The predicted octanol–water partition coefficient (Wildman–Crippen LogP) is 3.77. The molecule has 2 aromatic carbocycles. The van der Waals surface area contributed by atoms with Gasteiger partial charge in [-0.05, 0) is 64.0 Å². The summed E-state index contributed by atoms with van der Waals surface area (Å²) in [5, 5.41) is 21.9. The van der Waals surface area contributed by atoms with Gasteiger partial charge in [0.15, 0.2) is 11.5 Å². The number of nitrogens with one attached hydrogen (secondary N) is 1. The molecule has 0 radical (unpaired) electrons. The first-order valence-corrected chi connectivity index (χ1v) is 8.42. The Morgan fingerprint density at radius 3 is 2.50 bits per heavy atom. The summed E-state index contributed by atoms with van der Waals surface area (Å²) in [5.41, 5.74) is 2.06. The Morgan fingerprint density at radius 2 is 1.96 bits per heavy atom. The maximum atomic E-state index is 12.4. The van der Waals surface area contributed by atoms with Crippen LogP contribution in [0.4, 0.5) is 11.4 Å². The zero-order valence-corrected chi connectivity index (χ0v) is 16.2. The number of aromatic hydroxyl groups is 1. The minimum absolute atomic E-state index is 0.0476. The molecule has 0 heterocycles. The maximum absolute atomic E-state index is 12.4. The van der Waals surface area contributed by atoms with E-state index in [0.29, 0.717) is 15.7 Å². The summed E-state index contributed by atoms with van der Waals surface area (Å²) in [6.07, 6.45) is 1.43. The van der Waals surface area contributed by atoms with Crippen molar-refractivity contribution in [2.75, 3.05) is 31.4 Å². The number of phenolic OH excluding ortho intramolecular Hbond substituents is 1. The maximum Gasteiger partial charge on any atom is 0.266 e. The molecule has 0 saturated carbocycles. The lowest BCUT2D eigenvalue weighted by Gasteiger charge is -2.13. The van der Waals surface area contributed by atoms with E-state index in [2.05, 4.69) is 21.2 Å². The molecule has 1 amide bonds. The average molecular weight is 416 g/mol. The summed E-state index contributed by atoms with van der Waals surface area (Å²) >= 11 is 3.21. The largest absolute Gasteiger partial charge is 0.503 e. The SMILES string of the molecule is COc1cc(/C=C(/C#N)C(=O)Nc2ccc(N(C)C)cc2)cc(Br)c1O. The lowest BCUT2D eigenvalue weighted by Crippen LogP contribution is -2.14. The molecule has 0 aromatic heterocycles. The zero-order valence-electron chi connectivity index (χ0n) is 14.6. The van der Waals surface area contributed by atoms with Gasteiger partial charge in [0, 0.05) is 25.5 Å². The molecule has 0 atom stereocenters. The number of anilines is 2. The van der Waals surface area contributed by atoms with Crippen molar-refractivity contribution in [2.24, 2.45) is 0 Å². The third kappa shape index (κ3) is 4.55. The van der Waals surface area contributed by atoms with Gasteiger partial charge in [-0.3, -0.25) is 4.79 Å². The second-order valence-electron chi connectivity index (χ2n) is 5.62. The molecular formula is C19H18BrN3O3. The van der Waals surface area contributed by atoms with Gasteiger partial charge in [0.1, 0.15) is 11.6 Å². The zero-order chi connectivity index (χ0) is 19.3. The van der Waals surface area contributed by atoms with Crippen LogP contribution < -0.4 is 15.0 Å². The van der Waals surface area contributed by atoms with E-state index in [1.54, 1.807) is 18.2 Å². The summed E-state index contributed by atoms with van der Waals surface area (Å²) in [6.45, 7) is 0. The van der Waals surface area contributed by atoms with E-state index < -0.39 is 5.91 Å². The normalized spacial score (nSPS) is 10.8. The fraction of sp³-hybridized carbons (Fsp3) is 0.158. The molecule has 0 spiro atoms. The van der Waals surface area contributed by atoms with Crippen LogP contribution in [0.2, 0.25) is 0 Å². The van der Waals surface area contributed by atoms with Crippen LogP contribution in [0.15, 0.2) is 46.4 Å². The van der Waals surface area contributed by atoms with Gasteiger partial charge in [-0.25, -0.2) is 0 Å². The van der Waals surface area contributed by atoms with Crippen molar-refractivity contribution in [3.63, 3.8) is 0 Å². The van der Waals surface area contributed by atoms with Crippen molar-refractivity contribution >= 4 is 39.3 Å². The van der Waals surface area contributed by atoms with Gasteiger partial charge >= 0.3 is 0 Å². The number of carbonyl (C=O) groups excluding carboxylic acids is 1. The Bertz CT molecular complexity index is 884. The molecule has 7 heteroatoms. The standard InChI is InChI=1S/C19H18BrN3O3/c1-23(2)15-6-4-14(5-7-15)22-19(25)13(11-21)8-12-9-16(20)18(24)17(10-12)26-3/h4-10,24H,1-3H3,(H,22,25)/b13-8-. The summed E-state index contributed by atoms with van der Waals surface area (Å²) in [6, 6.07) is 12.3. The number of carbonyl (C=O) groups is 1. The van der Waals surface area contributed by atoms with Crippen LogP contribution in [0.1, 0.15) is 5.56 Å². The van der Waals surface area contributed by atoms with Crippen molar-refractivity contribution in [3.8, 4) is 17.6 Å². The van der Waals surface area contributed by atoms with Crippen LogP contribution in [-0.2, 0) is 4.79 Å². The fourth-order valence-corrected chi connectivity index (χ4v) is 2.65. The molecule has 2 N–H and O–H groups in total. The molecule has 0 aliphatic heterocycles. The minimum Gasteiger partial charge on any atom is -0.503 e. The number of hydrogen-bond acceptors (Lipinski definition) is 5. The van der Waals surface area contributed by atoms with E-state index in [-0.39, 0.29) is 17.1 Å². The number of hydrogen-bond donors (Lipinski definition) is 2. The van der Waals surface area contributed by atoms with E-state index in [9.17, 15) is 15.2 Å². The van der Waals surface area contributed by atoms with E-state index in [1.807, 2.05) is 37.2 Å². The highest BCUT2D eigenvalue weighted by Gasteiger charge is 2.12. The monoisotopic (exact) mass is 415 g/mol. The molecule has 0 unspecified atom stereocenters. The molecule has 2 rings (SSSR count). The molecular weight excluding hydrogens is 398 g/mol. The highest BCUT2D eigenvalue weighted by atomic mass is 79.9. The number of rotatable bonds is 5. The smallest absolute Gasteiger partial charge is 0.266 e. The van der Waals surface area contributed by atoms with E-state index in [4.69, 9.17) is 4.74 Å². The Hall–Kier alpha value is -2.98. The van der Waals surface area contributed by atoms with Crippen molar-refractivity contribution in [2.45, 2.75) is 0 Å². The fourth-order valence-electron chi connectivity index (χ4n) is 2.19. The van der Waals surface area contributed by atoms with Gasteiger partial charge < -0.3 is 20.1 Å². The Morgan fingerprint density at radius 1 is 1.31 bits per heavy atom. The van der Waals surface area contributed by atoms with Gasteiger partial charge in [-0.1, -0.05) is 0 Å². The molecule has 0 aliphatic carbocycles. The van der Waals surface area contributed by atoms with Crippen LogP contribution in [0.5, 0.6) is 11.5 Å². The molecule has 0 bridgehead atoms. The third-order valence-corrected chi connectivity index (χ3v) is 4.19. The molecule has 6 nitrogen and oxygen atoms in total. The van der Waals surface area contributed by atoms with Gasteiger partial charge in [0.25, 0.3) is 5.91 Å². The molecule has 0 saturated heterocycles. The Kier molecular flexibility index (Phi) is 6.26.